The Bertz CT molecular complexity index is 551. The number of hydrogen-bond acceptors (Lipinski definition) is 3. The van der Waals surface area contributed by atoms with Crippen LogP contribution in [0.3, 0.4) is 0 Å². The maximum absolute atomic E-state index is 12.6. The maximum atomic E-state index is 12.6. The van der Waals surface area contributed by atoms with Crippen LogP contribution >= 0.6 is 0 Å². The van der Waals surface area contributed by atoms with E-state index in [0.717, 1.165) is 13.0 Å². The van der Waals surface area contributed by atoms with Gasteiger partial charge in [-0.1, -0.05) is 0 Å². The number of nitrogen functional groups attached to an aromatic ring is 1. The molecule has 3 rings (SSSR count). The van der Waals surface area contributed by atoms with Gasteiger partial charge in [0.15, 0.2) is 0 Å². The van der Waals surface area contributed by atoms with Crippen LogP contribution in [0.5, 0.6) is 0 Å². The van der Waals surface area contributed by atoms with E-state index in [2.05, 4.69) is 0 Å². The Morgan fingerprint density at radius 3 is 3.00 bits per heavy atom. The molecule has 2 amide bonds. The van der Waals surface area contributed by atoms with Crippen LogP contribution in [0.25, 0.3) is 0 Å². The molecule has 6 heteroatoms. The third-order valence-corrected chi connectivity index (χ3v) is 4.26. The SMILES string of the molecule is CCn1cc(N)cc1C(=O)N1CCN2C(=O)CCC2C1. The van der Waals surface area contributed by atoms with Crippen molar-refractivity contribution in [1.82, 2.24) is 14.4 Å². The van der Waals surface area contributed by atoms with E-state index in [4.69, 9.17) is 5.73 Å². The number of nitrogens with two attached hydrogens (primary N) is 1. The molecule has 2 fully saturated rings. The Labute approximate surface area is 118 Å². The van der Waals surface area contributed by atoms with E-state index in [1.54, 1.807) is 12.3 Å². The highest BCUT2D eigenvalue weighted by Crippen LogP contribution is 2.24. The molecule has 0 bridgehead atoms. The minimum Gasteiger partial charge on any atom is -0.397 e. The summed E-state index contributed by atoms with van der Waals surface area (Å²) in [6, 6.07) is 1.93. The highest BCUT2D eigenvalue weighted by Gasteiger charge is 2.37. The summed E-state index contributed by atoms with van der Waals surface area (Å²) >= 11 is 0. The van der Waals surface area contributed by atoms with Crippen molar-refractivity contribution in [2.75, 3.05) is 25.4 Å². The number of aromatic nitrogens is 1. The second kappa shape index (κ2) is 4.85. The summed E-state index contributed by atoms with van der Waals surface area (Å²) in [5.41, 5.74) is 7.04. The van der Waals surface area contributed by atoms with Crippen molar-refractivity contribution in [2.45, 2.75) is 32.4 Å². The van der Waals surface area contributed by atoms with E-state index in [-0.39, 0.29) is 17.9 Å². The molecule has 2 saturated heterocycles. The zero-order valence-electron chi connectivity index (χ0n) is 11.7. The molecular formula is C14H20N4O2. The van der Waals surface area contributed by atoms with Gasteiger partial charge in [0.25, 0.3) is 5.91 Å². The largest absolute Gasteiger partial charge is 0.397 e. The van der Waals surface area contributed by atoms with Crippen LogP contribution in [-0.4, -0.2) is 51.9 Å². The van der Waals surface area contributed by atoms with Gasteiger partial charge in [0.1, 0.15) is 5.69 Å². The first-order valence-electron chi connectivity index (χ1n) is 7.14. The Morgan fingerprint density at radius 1 is 1.45 bits per heavy atom. The van der Waals surface area contributed by atoms with Crippen molar-refractivity contribution >= 4 is 17.5 Å². The average molecular weight is 276 g/mol. The second-order valence-corrected chi connectivity index (χ2v) is 5.48. The standard InChI is InChI=1S/C14H20N4O2/c1-2-16-8-10(15)7-12(16)14(20)17-5-6-18-11(9-17)3-4-13(18)19/h7-8,11H,2-6,9,15H2,1H3. The third-order valence-electron chi connectivity index (χ3n) is 4.26. The summed E-state index contributed by atoms with van der Waals surface area (Å²) in [4.78, 5) is 28.0. The molecule has 108 valence electrons. The summed E-state index contributed by atoms with van der Waals surface area (Å²) in [6.07, 6.45) is 3.27. The fourth-order valence-electron chi connectivity index (χ4n) is 3.18. The van der Waals surface area contributed by atoms with E-state index in [9.17, 15) is 9.59 Å². The van der Waals surface area contributed by atoms with E-state index in [1.165, 1.54) is 0 Å². The van der Waals surface area contributed by atoms with E-state index in [0.29, 0.717) is 37.4 Å². The molecule has 2 aliphatic heterocycles. The van der Waals surface area contributed by atoms with Gasteiger partial charge in [-0.3, -0.25) is 9.59 Å². The molecule has 1 atom stereocenters. The summed E-state index contributed by atoms with van der Waals surface area (Å²) in [6.45, 7) is 4.61. The average Bonchev–Trinajstić information content (AvgIpc) is 3.01. The van der Waals surface area contributed by atoms with Crippen LogP contribution in [0.4, 0.5) is 5.69 Å². The third kappa shape index (κ3) is 2.05. The first kappa shape index (κ1) is 13.0. The molecule has 1 aromatic heterocycles. The van der Waals surface area contributed by atoms with Gasteiger partial charge in [0.05, 0.1) is 5.69 Å². The Morgan fingerprint density at radius 2 is 2.25 bits per heavy atom. The normalized spacial score (nSPS) is 22.2. The maximum Gasteiger partial charge on any atom is 0.270 e. The molecular weight excluding hydrogens is 256 g/mol. The molecule has 0 aliphatic carbocycles. The van der Waals surface area contributed by atoms with Gasteiger partial charge in [-0.25, -0.2) is 0 Å². The summed E-state index contributed by atoms with van der Waals surface area (Å²) in [5.74, 6) is 0.242. The number of carbonyl (C=O) groups is 2. The second-order valence-electron chi connectivity index (χ2n) is 5.48. The molecule has 3 heterocycles. The van der Waals surface area contributed by atoms with Crippen LogP contribution in [0.2, 0.25) is 0 Å². The number of fused-ring (bicyclic) bond motifs is 1. The van der Waals surface area contributed by atoms with Crippen LogP contribution in [0.15, 0.2) is 12.3 Å². The molecule has 0 spiro atoms. The van der Waals surface area contributed by atoms with Gasteiger partial charge < -0.3 is 20.1 Å². The number of hydrogen-bond donors (Lipinski definition) is 1. The topological polar surface area (TPSA) is 71.6 Å². The van der Waals surface area contributed by atoms with E-state index >= 15 is 0 Å². The molecule has 0 saturated carbocycles. The lowest BCUT2D eigenvalue weighted by Gasteiger charge is -2.37. The van der Waals surface area contributed by atoms with Crippen molar-refractivity contribution in [2.24, 2.45) is 0 Å². The lowest BCUT2D eigenvalue weighted by molar-refractivity contribution is -0.130. The quantitative estimate of drug-likeness (QED) is 0.857. The summed E-state index contributed by atoms with van der Waals surface area (Å²) in [7, 11) is 0. The highest BCUT2D eigenvalue weighted by molar-refractivity contribution is 5.94. The van der Waals surface area contributed by atoms with Crippen LogP contribution in [-0.2, 0) is 11.3 Å². The number of aryl methyl sites for hydroxylation is 1. The zero-order valence-corrected chi connectivity index (χ0v) is 11.7. The molecule has 2 aliphatic rings. The van der Waals surface area contributed by atoms with Gasteiger partial charge in [-0.2, -0.15) is 0 Å². The summed E-state index contributed by atoms with van der Waals surface area (Å²) < 4.78 is 1.88. The zero-order chi connectivity index (χ0) is 14.3. The van der Waals surface area contributed by atoms with Crippen molar-refractivity contribution in [1.29, 1.82) is 0 Å². The molecule has 1 unspecified atom stereocenters. The first-order chi connectivity index (χ1) is 9.60. The van der Waals surface area contributed by atoms with E-state index in [1.807, 2.05) is 21.3 Å². The molecule has 2 N–H and O–H groups in total. The van der Waals surface area contributed by atoms with Crippen LogP contribution in [0, 0.1) is 0 Å². The molecule has 0 radical (unpaired) electrons. The monoisotopic (exact) mass is 276 g/mol. The van der Waals surface area contributed by atoms with Crippen molar-refractivity contribution in [3.63, 3.8) is 0 Å². The molecule has 20 heavy (non-hydrogen) atoms. The smallest absolute Gasteiger partial charge is 0.270 e. The Balaban J connectivity index is 1.76. The van der Waals surface area contributed by atoms with Crippen LogP contribution in [0.1, 0.15) is 30.3 Å². The lowest BCUT2D eigenvalue weighted by Crippen LogP contribution is -2.53. The Hall–Kier alpha value is -1.98. The first-order valence-corrected chi connectivity index (χ1v) is 7.14. The number of carbonyl (C=O) groups excluding carboxylic acids is 2. The fraction of sp³-hybridized carbons (Fsp3) is 0.571. The van der Waals surface area contributed by atoms with Gasteiger partial charge in [0, 0.05) is 44.8 Å². The summed E-state index contributed by atoms with van der Waals surface area (Å²) in [5, 5.41) is 0. The number of amides is 2. The minimum atomic E-state index is 0.0162. The van der Waals surface area contributed by atoms with Crippen molar-refractivity contribution < 1.29 is 9.59 Å². The minimum absolute atomic E-state index is 0.0162. The van der Waals surface area contributed by atoms with Crippen molar-refractivity contribution in [3.8, 4) is 0 Å². The molecule has 1 aromatic rings. The van der Waals surface area contributed by atoms with Crippen LogP contribution < -0.4 is 5.73 Å². The molecule has 0 aromatic carbocycles. The predicted molar refractivity (Wildman–Crippen MR) is 75.2 cm³/mol. The van der Waals surface area contributed by atoms with Gasteiger partial charge >= 0.3 is 0 Å². The van der Waals surface area contributed by atoms with Crippen molar-refractivity contribution in [3.05, 3.63) is 18.0 Å². The molecule has 6 nitrogen and oxygen atoms in total. The van der Waals surface area contributed by atoms with Gasteiger partial charge in [-0.15, -0.1) is 0 Å². The Kier molecular flexibility index (Phi) is 3.16. The van der Waals surface area contributed by atoms with Gasteiger partial charge in [0.2, 0.25) is 5.91 Å². The lowest BCUT2D eigenvalue weighted by atomic mass is 10.1. The number of anilines is 1. The number of nitrogens with zero attached hydrogens (tertiary/aromatic N) is 3. The highest BCUT2D eigenvalue weighted by atomic mass is 16.2. The number of rotatable bonds is 2. The van der Waals surface area contributed by atoms with Gasteiger partial charge in [-0.05, 0) is 19.4 Å². The predicted octanol–water partition coefficient (Wildman–Crippen LogP) is 0.537. The van der Waals surface area contributed by atoms with E-state index < -0.39 is 0 Å². The fourth-order valence-corrected chi connectivity index (χ4v) is 3.18. The number of piperazine rings is 1.